The van der Waals surface area contributed by atoms with Crippen LogP contribution in [0.2, 0.25) is 0 Å². The molecule has 0 aliphatic carbocycles. The number of carbonyl (C=O) groups is 1. The Morgan fingerprint density at radius 2 is 0.459 bits per heavy atom. The molecule has 0 aliphatic heterocycles. The van der Waals surface area contributed by atoms with Crippen molar-refractivity contribution in [1.29, 1.82) is 0 Å². The van der Waals surface area contributed by atoms with Crippen LogP contribution in [0.4, 0.5) is 0 Å². The van der Waals surface area contributed by atoms with E-state index in [9.17, 15) is 15.0 Å². The number of allylic oxidation sites excluding steroid dienone is 5. The van der Waals surface area contributed by atoms with Gasteiger partial charge in [0.15, 0.2) is 0 Å². The molecule has 0 spiro atoms. The third-order valence-electron chi connectivity index (χ3n) is 18.8. The maximum absolute atomic E-state index is 12.6. The summed E-state index contributed by atoms with van der Waals surface area (Å²) in [7, 11) is 0. The maximum atomic E-state index is 12.6. The molecule has 0 saturated heterocycles. The van der Waals surface area contributed by atoms with E-state index in [1.165, 1.54) is 405 Å². The third kappa shape index (κ3) is 73.2. The Morgan fingerprint density at radius 3 is 0.682 bits per heavy atom. The first kappa shape index (κ1) is 83.6. The predicted molar refractivity (Wildman–Crippen MR) is 382 cm³/mol. The minimum atomic E-state index is -0.863. The highest BCUT2D eigenvalue weighted by atomic mass is 16.3. The van der Waals surface area contributed by atoms with E-state index in [-0.39, 0.29) is 12.5 Å². The summed E-state index contributed by atoms with van der Waals surface area (Å²) in [5.74, 6) is -0.0636. The quantitative estimate of drug-likeness (QED) is 0.0420. The SMILES string of the molecule is CCCCCCCCCC/C=C\CCCCCCCCCCCCCCCCCCCCCCCCCCCCCCCC(=O)NC(CO)C(O)/C=C/CC/C=C/CCCCCCCCCCCCCCCCCCCCCCCCCCCC. The van der Waals surface area contributed by atoms with Gasteiger partial charge in [0, 0.05) is 6.42 Å². The topological polar surface area (TPSA) is 69.6 Å². The molecule has 0 aromatic heterocycles. The average molecular weight is 1190 g/mol. The van der Waals surface area contributed by atoms with E-state index in [0.717, 1.165) is 32.1 Å². The fraction of sp³-hybridized carbons (Fsp3) is 0.914. The molecule has 0 aliphatic rings. The lowest BCUT2D eigenvalue weighted by Crippen LogP contribution is -2.45. The van der Waals surface area contributed by atoms with Gasteiger partial charge < -0.3 is 15.5 Å². The fourth-order valence-electron chi connectivity index (χ4n) is 12.8. The molecule has 4 nitrogen and oxygen atoms in total. The summed E-state index contributed by atoms with van der Waals surface area (Å²) >= 11 is 0. The van der Waals surface area contributed by atoms with Crippen LogP contribution in [0.25, 0.3) is 0 Å². The molecule has 0 radical (unpaired) electrons. The minimum absolute atomic E-state index is 0.0636. The van der Waals surface area contributed by atoms with Crippen molar-refractivity contribution in [2.24, 2.45) is 0 Å². The minimum Gasteiger partial charge on any atom is -0.394 e. The lowest BCUT2D eigenvalue weighted by molar-refractivity contribution is -0.123. The highest BCUT2D eigenvalue weighted by Crippen LogP contribution is 2.20. The number of nitrogens with one attached hydrogen (secondary N) is 1. The number of hydrogen-bond acceptors (Lipinski definition) is 3. The summed E-state index contributed by atoms with van der Waals surface area (Å²) < 4.78 is 0. The Morgan fingerprint density at radius 1 is 0.271 bits per heavy atom. The lowest BCUT2D eigenvalue weighted by atomic mass is 10.0. The first-order valence-electron chi connectivity index (χ1n) is 39.7. The molecule has 0 rings (SSSR count). The highest BCUT2D eigenvalue weighted by molar-refractivity contribution is 5.76. The summed E-state index contributed by atoms with van der Waals surface area (Å²) in [6.45, 7) is 4.35. The standard InChI is InChI=1S/C81H157NO3/c1-3-5-7-9-11-13-15-17-19-21-23-25-27-29-31-33-35-37-38-39-40-41-42-43-44-45-47-49-51-53-55-57-59-61-63-65-67-69-71-73-75-77-81(85)82-79(78-83)80(84)76-74-72-70-68-66-64-62-60-58-56-54-52-50-48-46-36-34-32-30-28-26-24-22-20-18-16-14-12-10-8-6-4-2/h21,23,66,68,74,76,79-80,83-84H,3-20,22,24-65,67,69-73,75,77-78H2,1-2H3,(H,82,85)/b23-21-,68-66+,76-74+. The molecule has 0 fully saturated rings. The maximum Gasteiger partial charge on any atom is 0.220 e. The van der Waals surface area contributed by atoms with Gasteiger partial charge in [-0.15, -0.1) is 0 Å². The molecule has 504 valence electrons. The summed E-state index contributed by atoms with van der Waals surface area (Å²) in [6, 6.07) is -0.639. The summed E-state index contributed by atoms with van der Waals surface area (Å²) in [5.41, 5.74) is 0. The van der Waals surface area contributed by atoms with Gasteiger partial charge in [0.2, 0.25) is 5.91 Å². The van der Waals surface area contributed by atoms with Crippen LogP contribution in [0, 0.1) is 0 Å². The Labute approximate surface area is 535 Å². The molecular weight excluding hydrogens is 1030 g/mol. The van der Waals surface area contributed by atoms with Gasteiger partial charge >= 0.3 is 0 Å². The molecule has 0 aromatic carbocycles. The van der Waals surface area contributed by atoms with Crippen molar-refractivity contribution in [2.45, 2.75) is 469 Å². The summed E-state index contributed by atoms with van der Waals surface area (Å²) in [4.78, 5) is 12.6. The van der Waals surface area contributed by atoms with E-state index in [1.54, 1.807) is 6.08 Å². The zero-order valence-corrected chi connectivity index (χ0v) is 58.4. The van der Waals surface area contributed by atoms with Gasteiger partial charge in [0.25, 0.3) is 0 Å². The van der Waals surface area contributed by atoms with Gasteiger partial charge in [-0.25, -0.2) is 0 Å². The first-order valence-corrected chi connectivity index (χ1v) is 39.7. The largest absolute Gasteiger partial charge is 0.394 e. The zero-order chi connectivity index (χ0) is 61.2. The fourth-order valence-corrected chi connectivity index (χ4v) is 12.8. The summed E-state index contributed by atoms with van der Waals surface area (Å²) in [6.07, 6.45) is 107. The first-order chi connectivity index (χ1) is 42.2. The van der Waals surface area contributed by atoms with Crippen molar-refractivity contribution in [1.82, 2.24) is 5.32 Å². The van der Waals surface area contributed by atoms with Crippen LogP contribution in [-0.4, -0.2) is 34.9 Å². The molecule has 0 heterocycles. The van der Waals surface area contributed by atoms with E-state index in [0.29, 0.717) is 6.42 Å². The second-order valence-corrected chi connectivity index (χ2v) is 27.5. The number of aliphatic hydroxyl groups is 2. The van der Waals surface area contributed by atoms with Crippen LogP contribution in [0.1, 0.15) is 457 Å². The number of hydrogen-bond donors (Lipinski definition) is 3. The van der Waals surface area contributed by atoms with E-state index < -0.39 is 12.1 Å². The normalized spacial score (nSPS) is 12.8. The van der Waals surface area contributed by atoms with Gasteiger partial charge in [-0.3, -0.25) is 4.79 Å². The van der Waals surface area contributed by atoms with E-state index in [1.807, 2.05) is 6.08 Å². The van der Waals surface area contributed by atoms with Crippen LogP contribution >= 0.6 is 0 Å². The molecule has 2 unspecified atom stereocenters. The Bertz CT molecular complexity index is 1310. The summed E-state index contributed by atoms with van der Waals surface area (Å²) in [5, 5.41) is 23.3. The Balaban J connectivity index is 3.40. The van der Waals surface area contributed by atoms with Crippen LogP contribution in [0.15, 0.2) is 36.5 Å². The van der Waals surface area contributed by atoms with Crippen molar-refractivity contribution < 1.29 is 15.0 Å². The van der Waals surface area contributed by atoms with Gasteiger partial charge in [-0.05, 0) is 57.8 Å². The number of aliphatic hydroxyl groups excluding tert-OH is 2. The number of carbonyl (C=O) groups excluding carboxylic acids is 1. The van der Waals surface area contributed by atoms with Crippen LogP contribution in [-0.2, 0) is 4.79 Å². The predicted octanol–water partition coefficient (Wildman–Crippen LogP) is 27.4. The molecule has 3 N–H and O–H groups in total. The van der Waals surface area contributed by atoms with E-state index in [2.05, 4.69) is 43.5 Å². The smallest absolute Gasteiger partial charge is 0.220 e. The van der Waals surface area contributed by atoms with Crippen molar-refractivity contribution >= 4 is 5.91 Å². The molecule has 2 atom stereocenters. The molecular formula is C81H157NO3. The lowest BCUT2D eigenvalue weighted by Gasteiger charge is -2.19. The molecule has 0 bridgehead atoms. The molecule has 4 heteroatoms. The van der Waals surface area contributed by atoms with Crippen LogP contribution in [0.3, 0.4) is 0 Å². The van der Waals surface area contributed by atoms with E-state index >= 15 is 0 Å². The zero-order valence-electron chi connectivity index (χ0n) is 58.4. The second-order valence-electron chi connectivity index (χ2n) is 27.5. The molecule has 0 aromatic rings. The molecule has 0 saturated carbocycles. The van der Waals surface area contributed by atoms with Crippen LogP contribution in [0.5, 0.6) is 0 Å². The van der Waals surface area contributed by atoms with Crippen molar-refractivity contribution in [3.05, 3.63) is 36.5 Å². The molecule has 85 heavy (non-hydrogen) atoms. The van der Waals surface area contributed by atoms with Crippen molar-refractivity contribution in [3.8, 4) is 0 Å². The van der Waals surface area contributed by atoms with Crippen molar-refractivity contribution in [3.63, 3.8) is 0 Å². The van der Waals surface area contributed by atoms with Crippen molar-refractivity contribution in [2.75, 3.05) is 6.61 Å². The van der Waals surface area contributed by atoms with Gasteiger partial charge in [0.05, 0.1) is 18.8 Å². The second kappa shape index (κ2) is 76.9. The van der Waals surface area contributed by atoms with Gasteiger partial charge in [0.1, 0.15) is 0 Å². The van der Waals surface area contributed by atoms with Gasteiger partial charge in [-0.2, -0.15) is 0 Å². The average Bonchev–Trinajstić information content (AvgIpc) is 3.51. The molecule has 1 amide bonds. The number of amides is 1. The number of unbranched alkanes of at least 4 members (excludes halogenated alkanes) is 64. The number of rotatable bonds is 75. The Kier molecular flexibility index (Phi) is 75.6. The Hall–Kier alpha value is -1.39. The third-order valence-corrected chi connectivity index (χ3v) is 18.8. The highest BCUT2D eigenvalue weighted by Gasteiger charge is 2.18. The van der Waals surface area contributed by atoms with Crippen LogP contribution < -0.4 is 5.32 Å². The monoisotopic (exact) mass is 1190 g/mol. The van der Waals surface area contributed by atoms with E-state index in [4.69, 9.17) is 0 Å². The van der Waals surface area contributed by atoms with Gasteiger partial charge in [-0.1, -0.05) is 429 Å².